The fourth-order valence-corrected chi connectivity index (χ4v) is 3.07. The number of ether oxygens (including phenoxy) is 1. The summed E-state index contributed by atoms with van der Waals surface area (Å²) in [5, 5.41) is 8.40. The third kappa shape index (κ3) is 3.46. The number of hydrogen-bond acceptors (Lipinski definition) is 4. The van der Waals surface area contributed by atoms with E-state index >= 15 is 0 Å². The van der Waals surface area contributed by atoms with Gasteiger partial charge in [-0.25, -0.2) is 5.43 Å². The molecule has 5 heteroatoms. The molecular weight excluding hydrogens is 320 g/mol. The summed E-state index contributed by atoms with van der Waals surface area (Å²) in [5.74, 6) is 0.657. The Kier molecular flexibility index (Phi) is 4.91. The molecule has 0 radical (unpaired) electrons. The smallest absolute Gasteiger partial charge is 0.281 e. The average molecular weight is 338 g/mol. The molecule has 0 aliphatic carbocycles. The largest absolute Gasteiger partial charge is 0.497 e. The second-order valence-corrected chi connectivity index (χ2v) is 6.21. The normalized spacial score (nSPS) is 11.5. The fraction of sp³-hybridized carbons (Fsp3) is 0.158. The highest BCUT2D eigenvalue weighted by atomic mass is 32.1. The minimum Gasteiger partial charge on any atom is -0.497 e. The van der Waals surface area contributed by atoms with Crippen molar-refractivity contribution in [3.05, 3.63) is 64.4 Å². The molecule has 1 N–H and O–H groups in total. The number of fused-ring (bicyclic) bond motifs is 1. The number of benzene rings is 2. The van der Waals surface area contributed by atoms with E-state index in [1.54, 1.807) is 13.2 Å². The van der Waals surface area contributed by atoms with Crippen LogP contribution in [0.2, 0.25) is 0 Å². The van der Waals surface area contributed by atoms with Crippen molar-refractivity contribution in [1.29, 1.82) is 0 Å². The maximum atomic E-state index is 12.0. The lowest BCUT2D eigenvalue weighted by Gasteiger charge is -2.08. The molecule has 0 atom stereocenters. The average Bonchev–Trinajstić information content (AvgIpc) is 3.16. The molecule has 24 heavy (non-hydrogen) atoms. The third-order valence-electron chi connectivity index (χ3n) is 3.75. The van der Waals surface area contributed by atoms with E-state index < -0.39 is 0 Å². The minimum absolute atomic E-state index is 0.179. The quantitative estimate of drug-likeness (QED) is 0.552. The van der Waals surface area contributed by atoms with Gasteiger partial charge < -0.3 is 4.74 Å². The van der Waals surface area contributed by atoms with Gasteiger partial charge in [0.15, 0.2) is 0 Å². The van der Waals surface area contributed by atoms with Crippen molar-refractivity contribution in [2.24, 2.45) is 5.10 Å². The van der Waals surface area contributed by atoms with Crippen molar-refractivity contribution in [3.8, 4) is 5.75 Å². The van der Waals surface area contributed by atoms with Crippen LogP contribution in [0, 0.1) is 0 Å². The molecule has 0 saturated carbocycles. The van der Waals surface area contributed by atoms with E-state index in [1.807, 2.05) is 48.7 Å². The van der Waals surface area contributed by atoms with Crippen molar-refractivity contribution in [2.75, 3.05) is 7.11 Å². The van der Waals surface area contributed by atoms with Gasteiger partial charge >= 0.3 is 0 Å². The lowest BCUT2D eigenvalue weighted by atomic mass is 10.0. The first kappa shape index (κ1) is 16.2. The van der Waals surface area contributed by atoms with Crippen LogP contribution in [0.5, 0.6) is 5.75 Å². The summed E-state index contributed by atoms with van der Waals surface area (Å²) in [6.07, 6.45) is 0.729. The van der Waals surface area contributed by atoms with Gasteiger partial charge in [0.1, 0.15) is 5.75 Å². The number of thiophene rings is 1. The van der Waals surface area contributed by atoms with Crippen molar-refractivity contribution in [2.45, 2.75) is 13.3 Å². The van der Waals surface area contributed by atoms with Gasteiger partial charge in [-0.3, -0.25) is 4.79 Å². The molecule has 1 aromatic heterocycles. The zero-order chi connectivity index (χ0) is 16.9. The molecule has 122 valence electrons. The monoisotopic (exact) mass is 338 g/mol. The van der Waals surface area contributed by atoms with Gasteiger partial charge in [-0.15, -0.1) is 11.3 Å². The summed E-state index contributed by atoms with van der Waals surface area (Å²) in [7, 11) is 1.66. The van der Waals surface area contributed by atoms with Gasteiger partial charge in [0.05, 0.1) is 17.7 Å². The molecule has 3 aromatic rings. The first-order chi connectivity index (χ1) is 11.7. The summed E-state index contributed by atoms with van der Waals surface area (Å²) in [4.78, 5) is 12.7. The third-order valence-corrected chi connectivity index (χ3v) is 4.62. The summed E-state index contributed by atoms with van der Waals surface area (Å²) in [6, 6.07) is 15.7. The molecular formula is C19H18N2O2S. The van der Waals surface area contributed by atoms with Gasteiger partial charge in [0.2, 0.25) is 0 Å². The van der Waals surface area contributed by atoms with E-state index in [4.69, 9.17) is 4.74 Å². The standard InChI is InChI=1S/C19H18N2O2S/c1-3-17(20-21-19(22)18-5-4-10-24-18)15-7-6-14-12-16(23-2)9-8-13(14)11-15/h4-12H,3H2,1-2H3,(H,21,22)/b20-17-. The molecule has 0 aliphatic heterocycles. The number of amides is 1. The van der Waals surface area contributed by atoms with E-state index in [2.05, 4.69) is 16.6 Å². The number of methoxy groups -OCH3 is 1. The zero-order valence-corrected chi connectivity index (χ0v) is 14.4. The summed E-state index contributed by atoms with van der Waals surface area (Å²) < 4.78 is 5.25. The Labute approximate surface area is 144 Å². The molecule has 2 aromatic carbocycles. The predicted octanol–water partition coefficient (Wildman–Crippen LogP) is 4.45. The number of hydrogen-bond donors (Lipinski definition) is 1. The number of carbonyl (C=O) groups is 1. The SMILES string of the molecule is CC/C(=N/NC(=O)c1cccs1)c1ccc2cc(OC)ccc2c1. The van der Waals surface area contributed by atoms with Crippen molar-refractivity contribution in [1.82, 2.24) is 5.43 Å². The van der Waals surface area contributed by atoms with E-state index in [0.717, 1.165) is 34.2 Å². The highest BCUT2D eigenvalue weighted by molar-refractivity contribution is 7.12. The number of nitrogens with one attached hydrogen (secondary N) is 1. The summed E-state index contributed by atoms with van der Waals surface area (Å²) in [6.45, 7) is 2.02. The molecule has 0 unspecified atom stereocenters. The molecule has 0 saturated heterocycles. The van der Waals surface area contributed by atoms with Gasteiger partial charge in [0, 0.05) is 0 Å². The van der Waals surface area contributed by atoms with Crippen LogP contribution in [0.3, 0.4) is 0 Å². The van der Waals surface area contributed by atoms with Gasteiger partial charge in [-0.2, -0.15) is 5.10 Å². The van der Waals surface area contributed by atoms with Gasteiger partial charge in [-0.1, -0.05) is 31.2 Å². The van der Waals surface area contributed by atoms with Crippen LogP contribution in [0.15, 0.2) is 59.0 Å². The Bertz CT molecular complexity index is 886. The van der Waals surface area contributed by atoms with Crippen LogP contribution in [-0.4, -0.2) is 18.7 Å². The molecule has 0 bridgehead atoms. The van der Waals surface area contributed by atoms with Crippen molar-refractivity contribution in [3.63, 3.8) is 0 Å². The molecule has 0 fully saturated rings. The van der Waals surface area contributed by atoms with Crippen LogP contribution in [-0.2, 0) is 0 Å². The predicted molar refractivity (Wildman–Crippen MR) is 99.1 cm³/mol. The van der Waals surface area contributed by atoms with Crippen molar-refractivity contribution >= 4 is 33.7 Å². The van der Waals surface area contributed by atoms with E-state index in [0.29, 0.717) is 4.88 Å². The maximum absolute atomic E-state index is 12.0. The summed E-state index contributed by atoms with van der Waals surface area (Å²) in [5.41, 5.74) is 4.49. The topological polar surface area (TPSA) is 50.7 Å². The van der Waals surface area contributed by atoms with Gasteiger partial charge in [-0.05, 0) is 52.4 Å². The Morgan fingerprint density at radius 3 is 2.67 bits per heavy atom. The highest BCUT2D eigenvalue weighted by Crippen LogP contribution is 2.22. The second kappa shape index (κ2) is 7.27. The van der Waals surface area contributed by atoms with Crippen LogP contribution in [0.1, 0.15) is 28.6 Å². The molecule has 1 amide bonds. The number of hydrazone groups is 1. The van der Waals surface area contributed by atoms with Crippen LogP contribution in [0.25, 0.3) is 10.8 Å². The van der Waals surface area contributed by atoms with Crippen molar-refractivity contribution < 1.29 is 9.53 Å². The van der Waals surface area contributed by atoms with Crippen LogP contribution >= 0.6 is 11.3 Å². The molecule has 4 nitrogen and oxygen atoms in total. The molecule has 3 rings (SSSR count). The highest BCUT2D eigenvalue weighted by Gasteiger charge is 2.07. The molecule has 1 heterocycles. The molecule has 0 aliphatic rings. The number of rotatable bonds is 5. The maximum Gasteiger partial charge on any atom is 0.281 e. The van der Waals surface area contributed by atoms with Crippen LogP contribution < -0.4 is 10.2 Å². The summed E-state index contributed by atoms with van der Waals surface area (Å²) >= 11 is 1.40. The van der Waals surface area contributed by atoms with Gasteiger partial charge in [0.25, 0.3) is 5.91 Å². The zero-order valence-electron chi connectivity index (χ0n) is 13.6. The fourth-order valence-electron chi connectivity index (χ4n) is 2.46. The lowest BCUT2D eigenvalue weighted by molar-refractivity contribution is 0.0959. The number of carbonyl (C=O) groups excluding carboxylic acids is 1. The first-order valence-electron chi connectivity index (χ1n) is 7.70. The second-order valence-electron chi connectivity index (χ2n) is 5.26. The Hall–Kier alpha value is -2.66. The van der Waals surface area contributed by atoms with E-state index in [-0.39, 0.29) is 5.91 Å². The van der Waals surface area contributed by atoms with Crippen LogP contribution in [0.4, 0.5) is 0 Å². The Morgan fingerprint density at radius 1 is 1.17 bits per heavy atom. The van der Waals surface area contributed by atoms with E-state index in [1.165, 1.54) is 11.3 Å². The minimum atomic E-state index is -0.179. The Balaban J connectivity index is 1.85. The van der Waals surface area contributed by atoms with E-state index in [9.17, 15) is 4.79 Å². The molecule has 0 spiro atoms. The number of nitrogens with zero attached hydrogens (tertiary/aromatic N) is 1. The Morgan fingerprint density at radius 2 is 1.96 bits per heavy atom. The lowest BCUT2D eigenvalue weighted by Crippen LogP contribution is -2.18. The first-order valence-corrected chi connectivity index (χ1v) is 8.58.